The smallest absolute Gasteiger partial charge is 0.246 e. The van der Waals surface area contributed by atoms with Gasteiger partial charge in [-0.25, -0.2) is 12.8 Å². The lowest BCUT2D eigenvalue weighted by Gasteiger charge is -2.33. The topological polar surface area (TPSA) is 70.8 Å². The zero-order chi connectivity index (χ0) is 17.9. The number of piperazine rings is 1. The van der Waals surface area contributed by atoms with Crippen molar-refractivity contribution >= 4 is 22.0 Å². The molecule has 3 rings (SSSR count). The Morgan fingerprint density at radius 2 is 1.76 bits per heavy atom. The Hall–Kier alpha value is -2.45. The molecule has 8 heteroatoms. The largest absolute Gasteiger partial charge is 0.465 e. The molecule has 0 spiro atoms. The lowest BCUT2D eigenvalue weighted by Crippen LogP contribution is -2.50. The van der Waals surface area contributed by atoms with Crippen LogP contribution in [0.5, 0.6) is 0 Å². The Labute approximate surface area is 145 Å². The van der Waals surface area contributed by atoms with Crippen LogP contribution < -0.4 is 0 Å². The SMILES string of the molecule is O=C(C=Cc1ccco1)N1CCN(S(=O)(=O)c2ccc(F)cc2)CC1. The van der Waals surface area contributed by atoms with E-state index in [9.17, 15) is 17.6 Å². The Morgan fingerprint density at radius 3 is 2.36 bits per heavy atom. The third kappa shape index (κ3) is 3.97. The minimum Gasteiger partial charge on any atom is -0.465 e. The van der Waals surface area contributed by atoms with Crippen molar-refractivity contribution in [1.82, 2.24) is 9.21 Å². The highest BCUT2D eigenvalue weighted by molar-refractivity contribution is 7.89. The van der Waals surface area contributed by atoms with Gasteiger partial charge < -0.3 is 9.32 Å². The van der Waals surface area contributed by atoms with Crippen molar-refractivity contribution in [3.8, 4) is 0 Å². The Kier molecular flexibility index (Phi) is 5.00. The highest BCUT2D eigenvalue weighted by atomic mass is 32.2. The van der Waals surface area contributed by atoms with Crippen LogP contribution in [0.25, 0.3) is 6.08 Å². The molecule has 0 N–H and O–H groups in total. The van der Waals surface area contributed by atoms with Gasteiger partial charge in [-0.3, -0.25) is 4.79 Å². The number of carbonyl (C=O) groups is 1. The molecule has 25 heavy (non-hydrogen) atoms. The highest BCUT2D eigenvalue weighted by Gasteiger charge is 2.29. The zero-order valence-electron chi connectivity index (χ0n) is 13.3. The lowest BCUT2D eigenvalue weighted by atomic mass is 10.3. The van der Waals surface area contributed by atoms with Gasteiger partial charge in [0, 0.05) is 32.3 Å². The van der Waals surface area contributed by atoms with Gasteiger partial charge in [-0.05, 0) is 42.5 Å². The second-order valence-electron chi connectivity index (χ2n) is 5.53. The highest BCUT2D eigenvalue weighted by Crippen LogP contribution is 2.18. The molecule has 0 bridgehead atoms. The van der Waals surface area contributed by atoms with E-state index in [2.05, 4.69) is 0 Å². The number of hydrogen-bond acceptors (Lipinski definition) is 4. The average Bonchev–Trinajstić information content (AvgIpc) is 3.14. The van der Waals surface area contributed by atoms with Crippen LogP contribution in [-0.2, 0) is 14.8 Å². The third-order valence-corrected chi connectivity index (χ3v) is 5.85. The van der Waals surface area contributed by atoms with E-state index in [0.29, 0.717) is 18.8 Å². The molecular formula is C17H17FN2O4S. The Bertz CT molecular complexity index is 853. The molecule has 0 aliphatic carbocycles. The van der Waals surface area contributed by atoms with Crippen LogP contribution in [0.3, 0.4) is 0 Å². The maximum absolute atomic E-state index is 13.0. The van der Waals surface area contributed by atoms with Crippen molar-refractivity contribution in [3.63, 3.8) is 0 Å². The van der Waals surface area contributed by atoms with Crippen LogP contribution in [-0.4, -0.2) is 49.7 Å². The Morgan fingerprint density at radius 1 is 1.08 bits per heavy atom. The van der Waals surface area contributed by atoms with Gasteiger partial charge in [0.2, 0.25) is 15.9 Å². The van der Waals surface area contributed by atoms with E-state index < -0.39 is 15.8 Å². The van der Waals surface area contributed by atoms with E-state index in [-0.39, 0.29) is 23.9 Å². The maximum Gasteiger partial charge on any atom is 0.246 e. The van der Waals surface area contributed by atoms with E-state index in [1.54, 1.807) is 23.1 Å². The molecule has 2 aromatic rings. The zero-order valence-corrected chi connectivity index (χ0v) is 14.2. The molecule has 2 heterocycles. The maximum atomic E-state index is 13.0. The molecule has 1 aliphatic rings. The molecule has 1 saturated heterocycles. The number of amides is 1. The first-order valence-electron chi connectivity index (χ1n) is 7.73. The van der Waals surface area contributed by atoms with Crippen molar-refractivity contribution in [2.75, 3.05) is 26.2 Å². The normalized spacial score (nSPS) is 16.4. The van der Waals surface area contributed by atoms with Gasteiger partial charge in [0.1, 0.15) is 11.6 Å². The van der Waals surface area contributed by atoms with E-state index >= 15 is 0 Å². The number of hydrogen-bond donors (Lipinski definition) is 0. The molecule has 0 unspecified atom stereocenters. The molecule has 132 valence electrons. The van der Waals surface area contributed by atoms with Crippen molar-refractivity contribution in [2.24, 2.45) is 0 Å². The summed E-state index contributed by atoms with van der Waals surface area (Å²) in [5.74, 6) is -0.112. The van der Waals surface area contributed by atoms with E-state index in [1.165, 1.54) is 28.8 Å². The minimum atomic E-state index is -3.68. The number of rotatable bonds is 4. The van der Waals surface area contributed by atoms with Gasteiger partial charge in [-0.1, -0.05) is 0 Å². The molecule has 0 radical (unpaired) electrons. The summed E-state index contributed by atoms with van der Waals surface area (Å²) >= 11 is 0. The van der Waals surface area contributed by atoms with Gasteiger partial charge in [0.05, 0.1) is 11.2 Å². The molecule has 1 aliphatic heterocycles. The summed E-state index contributed by atoms with van der Waals surface area (Å²) in [6.45, 7) is 0.976. The summed E-state index contributed by atoms with van der Waals surface area (Å²) in [5, 5.41) is 0. The van der Waals surface area contributed by atoms with Gasteiger partial charge in [-0.2, -0.15) is 4.31 Å². The lowest BCUT2D eigenvalue weighted by molar-refractivity contribution is -0.127. The van der Waals surface area contributed by atoms with Crippen molar-refractivity contribution < 1.29 is 22.0 Å². The number of benzene rings is 1. The summed E-state index contributed by atoms with van der Waals surface area (Å²) in [6.07, 6.45) is 4.50. The van der Waals surface area contributed by atoms with Crippen molar-refractivity contribution in [1.29, 1.82) is 0 Å². The average molecular weight is 364 g/mol. The number of nitrogens with zero attached hydrogens (tertiary/aromatic N) is 2. The predicted octanol–water partition coefficient (Wildman–Crippen LogP) is 1.97. The fourth-order valence-corrected chi connectivity index (χ4v) is 3.97. The second-order valence-corrected chi connectivity index (χ2v) is 7.47. The number of halogens is 1. The minimum absolute atomic E-state index is 0.0476. The molecule has 6 nitrogen and oxygen atoms in total. The van der Waals surface area contributed by atoms with Gasteiger partial charge in [0.25, 0.3) is 0 Å². The fraction of sp³-hybridized carbons (Fsp3) is 0.235. The number of furan rings is 1. The first kappa shape index (κ1) is 17.4. The quantitative estimate of drug-likeness (QED) is 0.778. The van der Waals surface area contributed by atoms with Crippen molar-refractivity contribution in [3.05, 3.63) is 60.3 Å². The Balaban J connectivity index is 1.61. The summed E-state index contributed by atoms with van der Waals surface area (Å²) in [4.78, 5) is 13.8. The molecule has 1 amide bonds. The number of carbonyl (C=O) groups excluding carboxylic acids is 1. The van der Waals surface area contributed by atoms with Crippen LogP contribution in [0.1, 0.15) is 5.76 Å². The van der Waals surface area contributed by atoms with Crippen LogP contribution in [0, 0.1) is 5.82 Å². The first-order chi connectivity index (χ1) is 12.0. The van der Waals surface area contributed by atoms with Gasteiger partial charge in [-0.15, -0.1) is 0 Å². The van der Waals surface area contributed by atoms with Crippen molar-refractivity contribution in [2.45, 2.75) is 4.90 Å². The first-order valence-corrected chi connectivity index (χ1v) is 9.17. The molecule has 1 aromatic carbocycles. The predicted molar refractivity (Wildman–Crippen MR) is 89.5 cm³/mol. The van der Waals surface area contributed by atoms with Gasteiger partial charge >= 0.3 is 0 Å². The second kappa shape index (κ2) is 7.20. The molecular weight excluding hydrogens is 347 g/mol. The molecule has 0 saturated carbocycles. The molecule has 0 atom stereocenters. The van der Waals surface area contributed by atoms with Gasteiger partial charge in [0.15, 0.2) is 0 Å². The third-order valence-electron chi connectivity index (χ3n) is 3.94. The summed E-state index contributed by atoms with van der Waals surface area (Å²) in [6, 6.07) is 8.18. The van der Waals surface area contributed by atoms with Crippen LogP contribution in [0.2, 0.25) is 0 Å². The fourth-order valence-electron chi connectivity index (χ4n) is 2.55. The summed E-state index contributed by atoms with van der Waals surface area (Å²) in [5.41, 5.74) is 0. The van der Waals surface area contributed by atoms with E-state index in [1.807, 2.05) is 0 Å². The van der Waals surface area contributed by atoms with E-state index in [4.69, 9.17) is 4.42 Å². The standard InChI is InChI=1S/C17H17FN2O4S/c18-14-3-6-16(7-4-14)25(22,23)20-11-9-19(10-12-20)17(21)8-5-15-2-1-13-24-15/h1-8,13H,9-12H2. The molecule has 1 aromatic heterocycles. The van der Waals surface area contributed by atoms with Crippen LogP contribution >= 0.6 is 0 Å². The van der Waals surface area contributed by atoms with Crippen LogP contribution in [0.15, 0.2) is 58.1 Å². The summed E-state index contributed by atoms with van der Waals surface area (Å²) < 4.78 is 44.5. The number of sulfonamides is 1. The van der Waals surface area contributed by atoms with E-state index in [0.717, 1.165) is 12.1 Å². The monoisotopic (exact) mass is 364 g/mol. The summed E-state index contributed by atoms with van der Waals surface area (Å²) in [7, 11) is -3.68. The van der Waals surface area contributed by atoms with Crippen LogP contribution in [0.4, 0.5) is 4.39 Å². The molecule has 1 fully saturated rings.